The summed E-state index contributed by atoms with van der Waals surface area (Å²) in [6.45, 7) is 4.42. The molecule has 1 amide bonds. The second kappa shape index (κ2) is 11.6. The molecule has 0 bridgehead atoms. The average molecular weight is 384 g/mol. The minimum absolute atomic E-state index is 0.109. The summed E-state index contributed by atoms with van der Waals surface area (Å²) in [4.78, 5) is 16.9. The lowest BCUT2D eigenvalue weighted by Crippen LogP contribution is -2.36. The van der Waals surface area contributed by atoms with Gasteiger partial charge in [-0.3, -0.25) is 4.79 Å². The third kappa shape index (κ3) is 6.95. The zero-order valence-electron chi connectivity index (χ0n) is 16.7. The van der Waals surface area contributed by atoms with Gasteiger partial charge >= 0.3 is 0 Å². The second-order valence-electron chi connectivity index (χ2n) is 6.27. The van der Waals surface area contributed by atoms with E-state index in [4.69, 9.17) is 14.3 Å². The number of carbonyl (C=O) groups is 1. The predicted molar refractivity (Wildman–Crippen MR) is 110 cm³/mol. The monoisotopic (exact) mass is 384 g/mol. The molecule has 0 aliphatic heterocycles. The molecule has 0 saturated heterocycles. The van der Waals surface area contributed by atoms with Crippen LogP contribution < -0.4 is 14.8 Å². The van der Waals surface area contributed by atoms with Crippen LogP contribution in [0.15, 0.2) is 53.7 Å². The molecule has 0 fully saturated rings. The van der Waals surface area contributed by atoms with Crippen molar-refractivity contribution in [3.05, 3.63) is 59.7 Å². The van der Waals surface area contributed by atoms with Crippen molar-refractivity contribution < 1.29 is 19.1 Å². The number of ether oxygens (including phenoxy) is 2. The molecule has 2 rings (SSSR count). The molecule has 0 saturated carbocycles. The van der Waals surface area contributed by atoms with Crippen LogP contribution in [0, 0.1) is 0 Å². The maximum absolute atomic E-state index is 11.8. The van der Waals surface area contributed by atoms with Crippen LogP contribution in [-0.4, -0.2) is 31.9 Å². The highest BCUT2D eigenvalue weighted by molar-refractivity contribution is 5.81. The molecule has 0 atom stereocenters. The van der Waals surface area contributed by atoms with Gasteiger partial charge in [0.15, 0.2) is 18.1 Å². The van der Waals surface area contributed by atoms with Gasteiger partial charge in [-0.25, -0.2) is 0 Å². The van der Waals surface area contributed by atoms with E-state index in [2.05, 4.69) is 10.5 Å². The normalized spacial score (nSPS) is 10.9. The third-order valence-electron chi connectivity index (χ3n) is 4.25. The molecule has 28 heavy (non-hydrogen) atoms. The third-order valence-corrected chi connectivity index (χ3v) is 4.25. The van der Waals surface area contributed by atoms with E-state index >= 15 is 0 Å². The molecular weight excluding hydrogens is 356 g/mol. The number of hydrogen-bond acceptors (Lipinski definition) is 5. The highest BCUT2D eigenvalue weighted by Crippen LogP contribution is 2.28. The summed E-state index contributed by atoms with van der Waals surface area (Å²) in [6, 6.07) is 15.6. The summed E-state index contributed by atoms with van der Waals surface area (Å²) in [5.41, 5.74) is 1.86. The molecule has 150 valence electrons. The first-order valence-corrected chi connectivity index (χ1v) is 9.45. The molecule has 0 aliphatic carbocycles. The highest BCUT2D eigenvalue weighted by Gasteiger charge is 2.08. The van der Waals surface area contributed by atoms with E-state index < -0.39 is 0 Å². The lowest BCUT2D eigenvalue weighted by Gasteiger charge is -2.13. The van der Waals surface area contributed by atoms with Gasteiger partial charge in [0.05, 0.1) is 13.3 Å². The maximum Gasteiger partial charge on any atom is 0.260 e. The van der Waals surface area contributed by atoms with Gasteiger partial charge in [-0.05, 0) is 36.6 Å². The van der Waals surface area contributed by atoms with Gasteiger partial charge in [0.2, 0.25) is 0 Å². The smallest absolute Gasteiger partial charge is 0.260 e. The Morgan fingerprint density at radius 3 is 2.54 bits per heavy atom. The lowest BCUT2D eigenvalue weighted by molar-refractivity contribution is -0.126. The molecule has 2 aromatic rings. The van der Waals surface area contributed by atoms with E-state index in [1.54, 1.807) is 13.2 Å². The zero-order valence-corrected chi connectivity index (χ0v) is 16.7. The number of oxime groups is 1. The van der Waals surface area contributed by atoms with Crippen LogP contribution in [-0.2, 0) is 16.2 Å². The van der Waals surface area contributed by atoms with Crippen LogP contribution in [0.3, 0.4) is 0 Å². The summed E-state index contributed by atoms with van der Waals surface area (Å²) >= 11 is 0. The zero-order chi connectivity index (χ0) is 20.2. The summed E-state index contributed by atoms with van der Waals surface area (Å²) in [7, 11) is 1.59. The van der Waals surface area contributed by atoms with Crippen LogP contribution >= 0.6 is 0 Å². The average Bonchev–Trinajstić information content (AvgIpc) is 2.74. The first-order valence-electron chi connectivity index (χ1n) is 9.45. The predicted octanol–water partition coefficient (Wildman–Crippen LogP) is 3.93. The molecule has 0 spiro atoms. The van der Waals surface area contributed by atoms with E-state index in [0.717, 1.165) is 24.0 Å². The van der Waals surface area contributed by atoms with E-state index in [-0.39, 0.29) is 18.6 Å². The molecule has 1 N–H and O–H groups in total. The first-order chi connectivity index (χ1) is 13.7. The second-order valence-corrected chi connectivity index (χ2v) is 6.27. The molecule has 0 unspecified atom stereocenters. The lowest BCUT2D eigenvalue weighted by atomic mass is 10.2. The summed E-state index contributed by atoms with van der Waals surface area (Å²) < 4.78 is 11.2. The van der Waals surface area contributed by atoms with Crippen molar-refractivity contribution in [2.24, 2.45) is 5.16 Å². The van der Waals surface area contributed by atoms with Gasteiger partial charge in [-0.15, -0.1) is 0 Å². The number of benzene rings is 2. The Morgan fingerprint density at radius 1 is 1.11 bits per heavy atom. The quantitative estimate of drug-likeness (QED) is 0.471. The Morgan fingerprint density at radius 2 is 1.86 bits per heavy atom. The van der Waals surface area contributed by atoms with Crippen molar-refractivity contribution in [2.45, 2.75) is 39.3 Å². The molecule has 0 aliphatic rings. The number of hydrogen-bond donors (Lipinski definition) is 1. The Balaban J connectivity index is 1.87. The standard InChI is InChI=1S/C22H28N2O4/c1-4-19(5-2)24-22(25)16-28-23-14-18-11-12-20(21(13-18)26-3)27-15-17-9-7-6-8-10-17/h6-14,19H,4-5,15-16H2,1-3H3,(H,24,25)/b23-14+. The largest absolute Gasteiger partial charge is 0.493 e. The van der Waals surface area contributed by atoms with Gasteiger partial charge in [0, 0.05) is 11.6 Å². The molecule has 0 radical (unpaired) electrons. The van der Waals surface area contributed by atoms with Crippen molar-refractivity contribution in [3.8, 4) is 11.5 Å². The first kappa shape index (κ1) is 21.3. The van der Waals surface area contributed by atoms with Gasteiger partial charge in [-0.2, -0.15) is 0 Å². The van der Waals surface area contributed by atoms with Gasteiger partial charge in [0.1, 0.15) is 6.61 Å². The highest BCUT2D eigenvalue weighted by atomic mass is 16.6. The van der Waals surface area contributed by atoms with Crippen LogP contribution in [0.4, 0.5) is 0 Å². The number of nitrogens with zero attached hydrogens (tertiary/aromatic N) is 1. The van der Waals surface area contributed by atoms with Gasteiger partial charge in [0.25, 0.3) is 5.91 Å². The van der Waals surface area contributed by atoms with E-state index in [1.165, 1.54) is 6.21 Å². The summed E-state index contributed by atoms with van der Waals surface area (Å²) in [5, 5.41) is 6.75. The fraction of sp³-hybridized carbons (Fsp3) is 0.364. The van der Waals surface area contributed by atoms with Crippen molar-refractivity contribution in [1.82, 2.24) is 5.32 Å². The minimum Gasteiger partial charge on any atom is -0.493 e. The number of carbonyl (C=O) groups excluding carboxylic acids is 1. The summed E-state index contributed by atoms with van der Waals surface area (Å²) in [6.07, 6.45) is 3.32. The Labute approximate surface area is 166 Å². The topological polar surface area (TPSA) is 69.2 Å². The van der Waals surface area contributed by atoms with Crippen LogP contribution in [0.25, 0.3) is 0 Å². The molecule has 6 heteroatoms. The van der Waals surface area contributed by atoms with Crippen molar-refractivity contribution in [1.29, 1.82) is 0 Å². The van der Waals surface area contributed by atoms with Gasteiger partial charge in [-0.1, -0.05) is 49.3 Å². The molecule has 0 heterocycles. The van der Waals surface area contributed by atoms with Crippen molar-refractivity contribution in [3.63, 3.8) is 0 Å². The van der Waals surface area contributed by atoms with Crippen molar-refractivity contribution in [2.75, 3.05) is 13.7 Å². The fourth-order valence-electron chi connectivity index (χ4n) is 2.58. The summed E-state index contributed by atoms with van der Waals surface area (Å²) in [5.74, 6) is 1.08. The molecule has 2 aromatic carbocycles. The van der Waals surface area contributed by atoms with Crippen LogP contribution in [0.5, 0.6) is 11.5 Å². The van der Waals surface area contributed by atoms with Crippen LogP contribution in [0.2, 0.25) is 0 Å². The molecular formula is C22H28N2O4. The molecule has 0 aromatic heterocycles. The number of rotatable bonds is 11. The number of methoxy groups -OCH3 is 1. The van der Waals surface area contributed by atoms with E-state index in [0.29, 0.717) is 18.1 Å². The van der Waals surface area contributed by atoms with Crippen molar-refractivity contribution >= 4 is 12.1 Å². The number of amides is 1. The van der Waals surface area contributed by atoms with Crippen LogP contribution in [0.1, 0.15) is 37.8 Å². The fourth-order valence-corrected chi connectivity index (χ4v) is 2.58. The van der Waals surface area contributed by atoms with Gasteiger partial charge < -0.3 is 19.6 Å². The number of nitrogens with one attached hydrogen (secondary N) is 1. The Hall–Kier alpha value is -3.02. The maximum atomic E-state index is 11.8. The minimum atomic E-state index is -0.173. The SMILES string of the molecule is CCC(CC)NC(=O)CO/N=C/c1ccc(OCc2ccccc2)c(OC)c1. The Kier molecular flexibility index (Phi) is 8.85. The van der Waals surface area contributed by atoms with E-state index in [1.807, 2.05) is 56.3 Å². The molecule has 6 nitrogen and oxygen atoms in total. The Bertz CT molecular complexity index is 758. The van der Waals surface area contributed by atoms with E-state index in [9.17, 15) is 4.79 Å².